The van der Waals surface area contributed by atoms with Gasteiger partial charge in [0.1, 0.15) is 28.6 Å². The fourth-order valence-electron chi connectivity index (χ4n) is 1.71. The number of carbonyl (C=O) groups is 1. The minimum Gasteiger partial charge on any atom is -0.494 e. The summed E-state index contributed by atoms with van der Waals surface area (Å²) in [4.78, 5) is 11.3. The van der Waals surface area contributed by atoms with Crippen LogP contribution in [-0.4, -0.2) is 13.0 Å². The number of halogens is 1. The summed E-state index contributed by atoms with van der Waals surface area (Å²) >= 11 is 0. The van der Waals surface area contributed by atoms with Crippen molar-refractivity contribution < 1.29 is 18.7 Å². The molecule has 0 spiro atoms. The van der Waals surface area contributed by atoms with Crippen molar-refractivity contribution in [2.24, 2.45) is 5.73 Å². The van der Waals surface area contributed by atoms with E-state index < -0.39 is 11.7 Å². The SMILES string of the molecule is COc1cc(Oc2cccc(F)c2C(N)=O)ccc1N. The fraction of sp³-hybridized carbons (Fsp3) is 0.0714. The zero-order valence-electron chi connectivity index (χ0n) is 10.7. The van der Waals surface area contributed by atoms with Crippen LogP contribution < -0.4 is 20.9 Å². The Bertz CT molecular complexity index is 659. The second-order valence-corrected chi connectivity index (χ2v) is 3.98. The Balaban J connectivity index is 2.40. The van der Waals surface area contributed by atoms with Gasteiger partial charge in [0.05, 0.1) is 12.8 Å². The first-order valence-corrected chi connectivity index (χ1v) is 5.72. The Labute approximate surface area is 114 Å². The molecule has 0 bridgehead atoms. The Morgan fingerprint density at radius 2 is 1.95 bits per heavy atom. The molecule has 0 aliphatic heterocycles. The lowest BCUT2D eigenvalue weighted by molar-refractivity contribution is 0.0994. The van der Waals surface area contributed by atoms with Crippen LogP contribution in [0.5, 0.6) is 17.2 Å². The molecule has 1 amide bonds. The molecule has 0 aliphatic rings. The molecule has 0 saturated heterocycles. The molecule has 0 atom stereocenters. The molecule has 0 aliphatic carbocycles. The monoisotopic (exact) mass is 276 g/mol. The third kappa shape index (κ3) is 2.64. The third-order valence-corrected chi connectivity index (χ3v) is 2.65. The van der Waals surface area contributed by atoms with Gasteiger partial charge in [-0.15, -0.1) is 0 Å². The highest BCUT2D eigenvalue weighted by Gasteiger charge is 2.16. The minimum absolute atomic E-state index is 0.0318. The molecule has 0 heterocycles. The first-order chi connectivity index (χ1) is 9.52. The molecule has 2 aromatic carbocycles. The van der Waals surface area contributed by atoms with Crippen LogP contribution in [0.1, 0.15) is 10.4 Å². The van der Waals surface area contributed by atoms with Gasteiger partial charge in [-0.05, 0) is 24.3 Å². The predicted molar refractivity (Wildman–Crippen MR) is 72.4 cm³/mol. The maximum Gasteiger partial charge on any atom is 0.255 e. The van der Waals surface area contributed by atoms with E-state index in [2.05, 4.69) is 0 Å². The smallest absolute Gasteiger partial charge is 0.255 e. The van der Waals surface area contributed by atoms with Crippen LogP contribution in [0.3, 0.4) is 0 Å². The molecule has 0 unspecified atom stereocenters. The second-order valence-electron chi connectivity index (χ2n) is 3.98. The standard InChI is InChI=1S/C14H13FN2O3/c1-19-12-7-8(5-6-10(12)16)20-11-4-2-3-9(15)13(11)14(17)18/h2-7H,16H2,1H3,(H2,17,18). The van der Waals surface area contributed by atoms with Crippen molar-refractivity contribution in [3.63, 3.8) is 0 Å². The van der Waals surface area contributed by atoms with Crippen molar-refractivity contribution in [1.82, 2.24) is 0 Å². The maximum atomic E-state index is 13.6. The van der Waals surface area contributed by atoms with Gasteiger partial charge in [-0.25, -0.2) is 4.39 Å². The number of nitrogen functional groups attached to an aromatic ring is 1. The van der Waals surface area contributed by atoms with E-state index in [0.717, 1.165) is 6.07 Å². The van der Waals surface area contributed by atoms with Crippen LogP contribution >= 0.6 is 0 Å². The van der Waals surface area contributed by atoms with Gasteiger partial charge in [0.25, 0.3) is 5.91 Å². The van der Waals surface area contributed by atoms with Gasteiger partial charge in [-0.1, -0.05) is 6.07 Å². The Morgan fingerprint density at radius 1 is 1.20 bits per heavy atom. The molecule has 0 fully saturated rings. The highest BCUT2D eigenvalue weighted by molar-refractivity contribution is 5.96. The fourth-order valence-corrected chi connectivity index (χ4v) is 1.71. The number of ether oxygens (including phenoxy) is 2. The van der Waals surface area contributed by atoms with Crippen molar-refractivity contribution in [2.45, 2.75) is 0 Å². The van der Waals surface area contributed by atoms with Crippen molar-refractivity contribution >= 4 is 11.6 Å². The number of carbonyl (C=O) groups excluding carboxylic acids is 1. The number of methoxy groups -OCH3 is 1. The molecule has 104 valence electrons. The summed E-state index contributed by atoms with van der Waals surface area (Å²) in [5.41, 5.74) is 11.0. The van der Waals surface area contributed by atoms with Crippen molar-refractivity contribution in [3.8, 4) is 17.2 Å². The number of benzene rings is 2. The predicted octanol–water partition coefficient (Wildman–Crippen LogP) is 2.31. The first-order valence-electron chi connectivity index (χ1n) is 5.72. The zero-order chi connectivity index (χ0) is 14.7. The van der Waals surface area contributed by atoms with E-state index in [9.17, 15) is 9.18 Å². The number of primary amides is 1. The summed E-state index contributed by atoms with van der Waals surface area (Å²) < 4.78 is 24.1. The average Bonchev–Trinajstić information content (AvgIpc) is 2.40. The molecular formula is C14H13FN2O3. The number of nitrogens with two attached hydrogens (primary N) is 2. The lowest BCUT2D eigenvalue weighted by Gasteiger charge is -2.11. The van der Waals surface area contributed by atoms with Crippen LogP contribution in [0.4, 0.5) is 10.1 Å². The van der Waals surface area contributed by atoms with Gasteiger partial charge < -0.3 is 20.9 Å². The summed E-state index contributed by atoms with van der Waals surface area (Å²) in [7, 11) is 1.46. The highest BCUT2D eigenvalue weighted by atomic mass is 19.1. The topological polar surface area (TPSA) is 87.6 Å². The van der Waals surface area contributed by atoms with Gasteiger partial charge >= 0.3 is 0 Å². The van der Waals surface area contributed by atoms with Crippen LogP contribution in [0.15, 0.2) is 36.4 Å². The van der Waals surface area contributed by atoms with Gasteiger partial charge in [0, 0.05) is 6.07 Å². The Hall–Kier alpha value is -2.76. The Morgan fingerprint density at radius 3 is 2.60 bits per heavy atom. The number of amides is 1. The van der Waals surface area contributed by atoms with Crippen molar-refractivity contribution in [3.05, 3.63) is 47.8 Å². The number of rotatable bonds is 4. The van der Waals surface area contributed by atoms with E-state index in [1.54, 1.807) is 12.1 Å². The Kier molecular flexibility index (Phi) is 3.74. The van der Waals surface area contributed by atoms with E-state index in [-0.39, 0.29) is 11.3 Å². The van der Waals surface area contributed by atoms with E-state index in [1.807, 2.05) is 0 Å². The molecule has 2 rings (SSSR count). The summed E-state index contributed by atoms with van der Waals surface area (Å²) in [6.45, 7) is 0. The lowest BCUT2D eigenvalue weighted by atomic mass is 10.2. The lowest BCUT2D eigenvalue weighted by Crippen LogP contribution is -2.14. The van der Waals surface area contributed by atoms with Gasteiger partial charge in [-0.3, -0.25) is 4.79 Å². The number of anilines is 1. The molecule has 0 saturated carbocycles. The van der Waals surface area contributed by atoms with Crippen LogP contribution in [0.2, 0.25) is 0 Å². The molecule has 20 heavy (non-hydrogen) atoms. The second kappa shape index (κ2) is 5.48. The summed E-state index contributed by atoms with van der Waals surface area (Å²) in [6, 6.07) is 8.70. The van der Waals surface area contributed by atoms with Gasteiger partial charge in [-0.2, -0.15) is 0 Å². The summed E-state index contributed by atoms with van der Waals surface area (Å²) in [5.74, 6) is -0.842. The van der Waals surface area contributed by atoms with E-state index in [1.165, 1.54) is 25.3 Å². The largest absolute Gasteiger partial charge is 0.494 e. The molecular weight excluding hydrogens is 263 g/mol. The zero-order valence-corrected chi connectivity index (χ0v) is 10.7. The molecule has 4 N–H and O–H groups in total. The third-order valence-electron chi connectivity index (χ3n) is 2.65. The number of hydrogen-bond acceptors (Lipinski definition) is 4. The maximum absolute atomic E-state index is 13.6. The van der Waals surface area contributed by atoms with Crippen molar-refractivity contribution in [2.75, 3.05) is 12.8 Å². The highest BCUT2D eigenvalue weighted by Crippen LogP contribution is 2.31. The van der Waals surface area contributed by atoms with Crippen LogP contribution in [-0.2, 0) is 0 Å². The molecule has 0 radical (unpaired) electrons. The van der Waals surface area contributed by atoms with E-state index in [0.29, 0.717) is 17.2 Å². The van der Waals surface area contributed by atoms with E-state index >= 15 is 0 Å². The normalized spacial score (nSPS) is 10.1. The molecule has 5 nitrogen and oxygen atoms in total. The molecule has 0 aromatic heterocycles. The quantitative estimate of drug-likeness (QED) is 0.839. The average molecular weight is 276 g/mol. The van der Waals surface area contributed by atoms with Crippen LogP contribution in [0, 0.1) is 5.82 Å². The summed E-state index contributed by atoms with van der Waals surface area (Å²) in [6.07, 6.45) is 0. The van der Waals surface area contributed by atoms with Crippen LogP contribution in [0.25, 0.3) is 0 Å². The van der Waals surface area contributed by atoms with E-state index in [4.69, 9.17) is 20.9 Å². The summed E-state index contributed by atoms with van der Waals surface area (Å²) in [5, 5.41) is 0. The minimum atomic E-state index is -0.902. The van der Waals surface area contributed by atoms with Crippen molar-refractivity contribution in [1.29, 1.82) is 0 Å². The first kappa shape index (κ1) is 13.7. The molecule has 6 heteroatoms. The van der Waals surface area contributed by atoms with Gasteiger partial charge in [0.15, 0.2) is 0 Å². The van der Waals surface area contributed by atoms with Gasteiger partial charge in [0.2, 0.25) is 0 Å². The molecule has 2 aromatic rings. The number of hydrogen-bond donors (Lipinski definition) is 2.